The quantitative estimate of drug-likeness (QED) is 0.464. The van der Waals surface area contributed by atoms with E-state index in [-0.39, 0.29) is 17.9 Å². The molecule has 0 aromatic heterocycles. The van der Waals surface area contributed by atoms with Crippen molar-refractivity contribution < 1.29 is 19.1 Å². The monoisotopic (exact) mass is 463 g/mol. The van der Waals surface area contributed by atoms with E-state index in [9.17, 15) is 4.79 Å². The van der Waals surface area contributed by atoms with Gasteiger partial charge in [0.05, 0.1) is 5.71 Å². The largest absolute Gasteiger partial charge is 0.452 e. The van der Waals surface area contributed by atoms with Crippen LogP contribution in [0.3, 0.4) is 0 Å². The van der Waals surface area contributed by atoms with Crippen LogP contribution in [0.15, 0.2) is 66.2 Å². The number of oxime groups is 1. The summed E-state index contributed by atoms with van der Waals surface area (Å²) in [6, 6.07) is 16.7. The zero-order valence-corrected chi connectivity index (χ0v) is 20.1. The summed E-state index contributed by atoms with van der Waals surface area (Å²) in [4.78, 5) is 18.6. The number of carbonyl (C=O) groups excluding carboxylic acids is 1. The smallest absolute Gasteiger partial charge is 0.280 e. The number of nitrogens with two attached hydrogens (primary N) is 1. The van der Waals surface area contributed by atoms with Crippen LogP contribution in [0, 0.1) is 5.92 Å². The van der Waals surface area contributed by atoms with Gasteiger partial charge in [0.25, 0.3) is 5.79 Å². The molecule has 2 aromatic carbocycles. The third kappa shape index (κ3) is 4.80. The molecule has 0 aliphatic carbocycles. The van der Waals surface area contributed by atoms with Crippen molar-refractivity contribution in [2.45, 2.75) is 44.9 Å². The Kier molecular flexibility index (Phi) is 7.22. The maximum atomic E-state index is 11.4. The molecule has 0 spiro atoms. The number of hydrogen-bond acceptors (Lipinski definition) is 6. The first kappa shape index (κ1) is 23.8. The van der Waals surface area contributed by atoms with Gasteiger partial charge in [-0.1, -0.05) is 53.7 Å². The van der Waals surface area contributed by atoms with E-state index in [0.717, 1.165) is 53.9 Å². The van der Waals surface area contributed by atoms with Crippen LogP contribution in [0.25, 0.3) is 11.1 Å². The van der Waals surface area contributed by atoms with Crippen molar-refractivity contribution in [1.82, 2.24) is 4.90 Å². The molecule has 34 heavy (non-hydrogen) atoms. The average molecular weight is 464 g/mol. The second kappa shape index (κ2) is 10.3. The Balaban J connectivity index is 1.60. The van der Waals surface area contributed by atoms with Gasteiger partial charge in [0.1, 0.15) is 19.6 Å². The van der Waals surface area contributed by atoms with Gasteiger partial charge in [-0.15, -0.1) is 0 Å². The maximum Gasteiger partial charge on any atom is 0.280 e. The van der Waals surface area contributed by atoms with Crippen molar-refractivity contribution in [3.63, 3.8) is 0 Å². The molecule has 180 valence electrons. The van der Waals surface area contributed by atoms with E-state index in [2.05, 4.69) is 41.2 Å². The van der Waals surface area contributed by atoms with Crippen LogP contribution in [0.2, 0.25) is 0 Å². The predicted molar refractivity (Wildman–Crippen MR) is 132 cm³/mol. The van der Waals surface area contributed by atoms with Gasteiger partial charge >= 0.3 is 0 Å². The molecule has 2 aliphatic rings. The van der Waals surface area contributed by atoms with Crippen molar-refractivity contribution >= 4 is 11.6 Å². The van der Waals surface area contributed by atoms with E-state index >= 15 is 0 Å². The van der Waals surface area contributed by atoms with Crippen molar-refractivity contribution in [3.05, 3.63) is 72.2 Å². The Morgan fingerprint density at radius 2 is 1.79 bits per heavy atom. The molecule has 1 amide bonds. The molecular formula is C27H33N3O4. The van der Waals surface area contributed by atoms with Crippen molar-refractivity contribution in [1.29, 1.82) is 0 Å². The van der Waals surface area contributed by atoms with Crippen LogP contribution in [0.4, 0.5) is 0 Å². The lowest BCUT2D eigenvalue weighted by Gasteiger charge is -2.43. The van der Waals surface area contributed by atoms with E-state index < -0.39 is 5.79 Å². The van der Waals surface area contributed by atoms with Gasteiger partial charge in [-0.25, -0.2) is 0 Å². The first-order chi connectivity index (χ1) is 16.4. The molecule has 0 saturated carbocycles. The van der Waals surface area contributed by atoms with Gasteiger partial charge < -0.3 is 24.9 Å². The fourth-order valence-corrected chi connectivity index (χ4v) is 5.08. The van der Waals surface area contributed by atoms with E-state index in [1.165, 1.54) is 0 Å². The molecule has 2 heterocycles. The van der Waals surface area contributed by atoms with Crippen LogP contribution in [0.5, 0.6) is 0 Å². The minimum absolute atomic E-state index is 0.133. The summed E-state index contributed by atoms with van der Waals surface area (Å²) in [7, 11) is 1.55. The molecule has 0 bridgehead atoms. The lowest BCUT2D eigenvalue weighted by atomic mass is 9.80. The molecule has 7 heteroatoms. The van der Waals surface area contributed by atoms with Crippen LogP contribution >= 0.6 is 0 Å². The van der Waals surface area contributed by atoms with Gasteiger partial charge in [-0.2, -0.15) is 0 Å². The molecule has 1 unspecified atom stereocenters. The first-order valence-corrected chi connectivity index (χ1v) is 11.8. The number of carbonyl (C=O) groups is 1. The summed E-state index contributed by atoms with van der Waals surface area (Å²) in [5, 5.41) is 4.02. The topological polar surface area (TPSA) is 86.4 Å². The average Bonchev–Trinajstić information content (AvgIpc) is 3.35. The number of primary amides is 1. The summed E-state index contributed by atoms with van der Waals surface area (Å²) in [5.74, 6) is -0.973. The summed E-state index contributed by atoms with van der Waals surface area (Å²) < 4.78 is 12.5. The van der Waals surface area contributed by atoms with E-state index in [4.69, 9.17) is 20.0 Å². The maximum absolute atomic E-state index is 11.4. The highest BCUT2D eigenvalue weighted by Gasteiger charge is 2.48. The van der Waals surface area contributed by atoms with Crippen molar-refractivity contribution in [2.24, 2.45) is 16.8 Å². The second-order valence-corrected chi connectivity index (χ2v) is 8.99. The Hall–Kier alpha value is -3.32. The third-order valence-electron chi connectivity index (χ3n) is 6.87. The Morgan fingerprint density at radius 3 is 2.41 bits per heavy atom. The summed E-state index contributed by atoms with van der Waals surface area (Å²) in [5.41, 5.74) is 10.4. The van der Waals surface area contributed by atoms with E-state index in [1.54, 1.807) is 19.6 Å². The van der Waals surface area contributed by atoms with Crippen molar-refractivity contribution in [2.75, 3.05) is 20.2 Å². The highest BCUT2D eigenvalue weighted by atomic mass is 16.7. The van der Waals surface area contributed by atoms with Gasteiger partial charge in [-0.05, 0) is 56.5 Å². The van der Waals surface area contributed by atoms with Gasteiger partial charge in [-0.3, -0.25) is 4.79 Å². The first-order valence-electron chi connectivity index (χ1n) is 11.8. The number of hydrogen-bond donors (Lipinski definition) is 1. The fourth-order valence-electron chi connectivity index (χ4n) is 5.08. The zero-order chi connectivity index (χ0) is 24.1. The van der Waals surface area contributed by atoms with Crippen molar-refractivity contribution in [3.8, 4) is 11.1 Å². The molecule has 2 N–H and O–H groups in total. The van der Waals surface area contributed by atoms with Crippen LogP contribution in [-0.4, -0.2) is 42.8 Å². The predicted octanol–water partition coefficient (Wildman–Crippen LogP) is 4.37. The fraction of sp³-hybridized carbons (Fsp3) is 0.407. The minimum Gasteiger partial charge on any atom is -0.452 e. The highest BCUT2D eigenvalue weighted by Crippen LogP contribution is 2.47. The molecule has 1 atom stereocenters. The highest BCUT2D eigenvalue weighted by molar-refractivity contribution is 5.98. The van der Waals surface area contributed by atoms with Gasteiger partial charge in [0.15, 0.2) is 0 Å². The number of nitrogens with zero attached hydrogens (tertiary/aromatic N) is 2. The van der Waals surface area contributed by atoms with E-state index in [0.29, 0.717) is 6.42 Å². The standard InChI is InChI=1S/C27H33N3O4/c1-19(18-26(28)31)30-14-12-23(13-15-30)27(33-16-17-34-27)25-7-5-4-6-24(25)22-10-8-21(9-11-22)20(2)29-32-3/h4-11,16-17,19,23H,12-15,18H2,1-3H3,(H2,28,31). The molecule has 2 aliphatic heterocycles. The van der Waals surface area contributed by atoms with Gasteiger partial charge in [0.2, 0.25) is 5.91 Å². The zero-order valence-electron chi connectivity index (χ0n) is 20.1. The summed E-state index contributed by atoms with van der Waals surface area (Å²) >= 11 is 0. The normalized spacial score (nSPS) is 19.3. The number of benzene rings is 2. The molecular weight excluding hydrogens is 430 g/mol. The Labute approximate surface area is 201 Å². The number of rotatable bonds is 8. The number of amides is 1. The Bertz CT molecular complexity index is 1050. The SMILES string of the molecule is CON=C(C)c1ccc(-c2ccccc2C2(C3CCN(C(C)CC(N)=O)CC3)OC=CO2)cc1. The second-order valence-electron chi connectivity index (χ2n) is 8.99. The number of ether oxygens (including phenoxy) is 2. The summed E-state index contributed by atoms with van der Waals surface area (Å²) in [6.45, 7) is 5.71. The Morgan fingerprint density at radius 1 is 1.15 bits per heavy atom. The molecule has 1 fully saturated rings. The molecule has 0 radical (unpaired) electrons. The molecule has 7 nitrogen and oxygen atoms in total. The van der Waals surface area contributed by atoms with Crippen LogP contribution in [-0.2, 0) is 24.9 Å². The lowest BCUT2D eigenvalue weighted by Crippen LogP contribution is -2.47. The molecule has 4 rings (SSSR count). The van der Waals surface area contributed by atoms with Crippen LogP contribution < -0.4 is 5.73 Å². The third-order valence-corrected chi connectivity index (χ3v) is 6.87. The molecule has 2 aromatic rings. The minimum atomic E-state index is -0.873. The van der Waals surface area contributed by atoms with Crippen LogP contribution in [0.1, 0.15) is 44.2 Å². The number of piperidine rings is 1. The van der Waals surface area contributed by atoms with E-state index in [1.807, 2.05) is 31.2 Å². The molecule has 1 saturated heterocycles. The number of likely N-dealkylation sites (tertiary alicyclic amines) is 1. The lowest BCUT2D eigenvalue weighted by molar-refractivity contribution is -0.201. The van der Waals surface area contributed by atoms with Gasteiger partial charge in [0, 0.05) is 23.9 Å². The summed E-state index contributed by atoms with van der Waals surface area (Å²) in [6.07, 6.45) is 5.45.